The van der Waals surface area contributed by atoms with Crippen molar-refractivity contribution in [2.24, 2.45) is 0 Å². The predicted octanol–water partition coefficient (Wildman–Crippen LogP) is 2.23. The van der Waals surface area contributed by atoms with Crippen molar-refractivity contribution < 1.29 is 9.59 Å². The highest BCUT2D eigenvalue weighted by atomic mass is 32.2. The van der Waals surface area contributed by atoms with Crippen LogP contribution in [-0.4, -0.2) is 22.6 Å². The average molecular weight is 268 g/mol. The van der Waals surface area contributed by atoms with Gasteiger partial charge in [-0.05, 0) is 35.5 Å². The normalized spacial score (nSPS) is 16.5. The number of carbonyl (C=O) groups is 2. The zero-order chi connectivity index (χ0) is 13.8. The highest BCUT2D eigenvalue weighted by molar-refractivity contribution is 8.18. The Morgan fingerprint density at radius 3 is 2.58 bits per heavy atom. The fourth-order valence-electron chi connectivity index (χ4n) is 1.53. The molecule has 0 aromatic heterocycles. The van der Waals surface area contributed by atoms with Crippen molar-refractivity contribution in [3.05, 3.63) is 40.3 Å². The van der Waals surface area contributed by atoms with E-state index in [4.69, 9.17) is 11.7 Å². The number of nitriles is 1. The van der Waals surface area contributed by atoms with Crippen LogP contribution in [0.15, 0.2) is 29.2 Å². The number of amides is 2. The van der Waals surface area contributed by atoms with Gasteiger partial charge in [-0.25, -0.2) is 0 Å². The fourth-order valence-corrected chi connectivity index (χ4v) is 2.37. The van der Waals surface area contributed by atoms with Gasteiger partial charge < -0.3 is 0 Å². The number of rotatable bonds is 2. The van der Waals surface area contributed by atoms with Crippen molar-refractivity contribution in [2.75, 3.05) is 6.54 Å². The van der Waals surface area contributed by atoms with Crippen molar-refractivity contribution in [3.63, 3.8) is 0 Å². The summed E-state index contributed by atoms with van der Waals surface area (Å²) in [6.45, 7) is -0.0185. The highest BCUT2D eigenvalue weighted by Gasteiger charge is 2.34. The van der Waals surface area contributed by atoms with Crippen LogP contribution >= 0.6 is 11.8 Å². The Balaban J connectivity index is 2.25. The van der Waals surface area contributed by atoms with E-state index >= 15 is 0 Å². The molecule has 1 aliphatic rings. The van der Waals surface area contributed by atoms with Gasteiger partial charge in [-0.15, -0.1) is 6.42 Å². The number of terminal acetylenes is 1. The van der Waals surface area contributed by atoms with E-state index in [-0.39, 0.29) is 17.7 Å². The van der Waals surface area contributed by atoms with Crippen LogP contribution in [0.3, 0.4) is 0 Å². The standard InChI is InChI=1S/C14H8N2O2S/c1-2-7-16-13(17)12(19-14(16)18)8-10-3-5-11(9-15)6-4-10/h1,3-6,8H,7H2/b12-8+. The van der Waals surface area contributed by atoms with Crippen LogP contribution in [0.5, 0.6) is 0 Å². The molecule has 0 atom stereocenters. The van der Waals surface area contributed by atoms with Gasteiger partial charge in [0.05, 0.1) is 23.1 Å². The van der Waals surface area contributed by atoms with Gasteiger partial charge in [0.1, 0.15) is 0 Å². The third kappa shape index (κ3) is 2.67. The van der Waals surface area contributed by atoms with Gasteiger partial charge in [0.2, 0.25) is 0 Å². The van der Waals surface area contributed by atoms with Crippen molar-refractivity contribution >= 4 is 29.0 Å². The lowest BCUT2D eigenvalue weighted by Gasteiger charge is -2.06. The first-order valence-corrected chi connectivity index (χ1v) is 6.16. The van der Waals surface area contributed by atoms with Crippen LogP contribution in [0.4, 0.5) is 4.79 Å². The van der Waals surface area contributed by atoms with Crippen molar-refractivity contribution in [2.45, 2.75) is 0 Å². The summed E-state index contributed by atoms with van der Waals surface area (Å²) in [5.74, 6) is 1.90. The van der Waals surface area contributed by atoms with Crippen LogP contribution in [0, 0.1) is 23.7 Å². The van der Waals surface area contributed by atoms with Gasteiger partial charge >= 0.3 is 0 Å². The molecule has 0 aliphatic carbocycles. The lowest BCUT2D eigenvalue weighted by Crippen LogP contribution is -2.28. The van der Waals surface area contributed by atoms with Crippen molar-refractivity contribution in [3.8, 4) is 18.4 Å². The second kappa shape index (κ2) is 5.43. The lowest BCUT2D eigenvalue weighted by atomic mass is 10.1. The van der Waals surface area contributed by atoms with Gasteiger partial charge in [0.15, 0.2) is 0 Å². The maximum atomic E-state index is 11.9. The van der Waals surface area contributed by atoms with Crippen LogP contribution in [0.1, 0.15) is 11.1 Å². The zero-order valence-electron chi connectivity index (χ0n) is 9.79. The molecule has 1 aromatic rings. The average Bonchev–Trinajstić information content (AvgIpc) is 2.68. The largest absolute Gasteiger partial charge is 0.294 e. The lowest BCUT2D eigenvalue weighted by molar-refractivity contribution is -0.122. The molecule has 1 fully saturated rings. The van der Waals surface area contributed by atoms with Crippen molar-refractivity contribution in [1.82, 2.24) is 4.90 Å². The molecule has 1 aliphatic heterocycles. The molecule has 5 heteroatoms. The van der Waals surface area contributed by atoms with Crippen LogP contribution < -0.4 is 0 Å². The van der Waals surface area contributed by atoms with Gasteiger partial charge in [-0.2, -0.15) is 5.26 Å². The van der Waals surface area contributed by atoms with E-state index in [9.17, 15) is 9.59 Å². The Bertz CT molecular complexity index is 648. The Morgan fingerprint density at radius 2 is 2.00 bits per heavy atom. The first-order chi connectivity index (χ1) is 9.15. The van der Waals surface area contributed by atoms with Crippen LogP contribution in [0.2, 0.25) is 0 Å². The molecule has 0 unspecified atom stereocenters. The minimum absolute atomic E-state index is 0.0185. The van der Waals surface area contributed by atoms with E-state index in [0.717, 1.165) is 22.2 Å². The molecule has 1 aromatic carbocycles. The second-order valence-electron chi connectivity index (χ2n) is 3.71. The summed E-state index contributed by atoms with van der Waals surface area (Å²) >= 11 is 0.865. The highest BCUT2D eigenvalue weighted by Crippen LogP contribution is 2.31. The maximum Gasteiger partial charge on any atom is 0.294 e. The Morgan fingerprint density at radius 1 is 1.32 bits per heavy atom. The SMILES string of the molecule is C#CCN1C(=O)S/C(=C/c2ccc(C#N)cc2)C1=O. The van der Waals surface area contributed by atoms with Gasteiger partial charge in [-0.1, -0.05) is 18.1 Å². The summed E-state index contributed by atoms with van der Waals surface area (Å²) in [5, 5.41) is 8.33. The maximum absolute atomic E-state index is 11.9. The number of imide groups is 1. The molecule has 1 saturated heterocycles. The summed E-state index contributed by atoms with van der Waals surface area (Å²) in [5.41, 5.74) is 1.29. The first-order valence-electron chi connectivity index (χ1n) is 5.34. The molecule has 0 N–H and O–H groups in total. The topological polar surface area (TPSA) is 61.2 Å². The molecular formula is C14H8N2O2S. The van der Waals surface area contributed by atoms with E-state index in [1.807, 2.05) is 6.07 Å². The minimum Gasteiger partial charge on any atom is -0.268 e. The van der Waals surface area contributed by atoms with Crippen LogP contribution in [-0.2, 0) is 4.79 Å². The van der Waals surface area contributed by atoms with Gasteiger partial charge in [-0.3, -0.25) is 14.5 Å². The summed E-state index contributed by atoms with van der Waals surface area (Å²) < 4.78 is 0. The smallest absolute Gasteiger partial charge is 0.268 e. The third-order valence-electron chi connectivity index (χ3n) is 2.46. The fraction of sp³-hybridized carbons (Fsp3) is 0.0714. The number of hydrogen-bond acceptors (Lipinski definition) is 4. The monoisotopic (exact) mass is 268 g/mol. The molecule has 92 valence electrons. The van der Waals surface area contributed by atoms with E-state index in [2.05, 4.69) is 5.92 Å². The number of carbonyl (C=O) groups excluding carboxylic acids is 2. The number of thioether (sulfide) groups is 1. The zero-order valence-corrected chi connectivity index (χ0v) is 10.6. The summed E-state index contributed by atoms with van der Waals surface area (Å²) in [6, 6.07) is 8.74. The van der Waals surface area contributed by atoms with E-state index in [0.29, 0.717) is 10.5 Å². The number of nitrogens with zero attached hydrogens (tertiary/aromatic N) is 2. The molecule has 2 amide bonds. The molecule has 2 rings (SSSR count). The second-order valence-corrected chi connectivity index (χ2v) is 4.70. The molecule has 0 saturated carbocycles. The number of benzene rings is 1. The molecule has 1 heterocycles. The Labute approximate surface area is 114 Å². The van der Waals surface area contributed by atoms with Gasteiger partial charge in [0, 0.05) is 0 Å². The summed E-state index contributed by atoms with van der Waals surface area (Å²) in [6.07, 6.45) is 6.72. The van der Waals surface area contributed by atoms with E-state index in [1.165, 1.54) is 0 Å². The quantitative estimate of drug-likeness (QED) is 0.609. The minimum atomic E-state index is -0.377. The Hall–Kier alpha value is -2.50. The summed E-state index contributed by atoms with van der Waals surface area (Å²) in [4.78, 5) is 24.8. The van der Waals surface area contributed by atoms with Crippen LogP contribution in [0.25, 0.3) is 6.08 Å². The Kier molecular flexibility index (Phi) is 3.70. The molecule has 0 spiro atoms. The molecule has 0 bridgehead atoms. The third-order valence-corrected chi connectivity index (χ3v) is 3.37. The molecule has 4 nitrogen and oxygen atoms in total. The molecule has 0 radical (unpaired) electrons. The first kappa shape index (κ1) is 12.9. The summed E-state index contributed by atoms with van der Waals surface area (Å²) in [7, 11) is 0. The van der Waals surface area contributed by atoms with Gasteiger partial charge in [0.25, 0.3) is 11.1 Å². The van der Waals surface area contributed by atoms with E-state index in [1.54, 1.807) is 30.3 Å². The van der Waals surface area contributed by atoms with Crippen molar-refractivity contribution in [1.29, 1.82) is 5.26 Å². The molecule has 19 heavy (non-hydrogen) atoms. The number of hydrogen-bond donors (Lipinski definition) is 0. The predicted molar refractivity (Wildman–Crippen MR) is 72.7 cm³/mol. The van der Waals surface area contributed by atoms with E-state index < -0.39 is 0 Å². The molecular weight excluding hydrogens is 260 g/mol.